The summed E-state index contributed by atoms with van der Waals surface area (Å²) in [7, 11) is 7.27. The molecule has 0 unspecified atom stereocenters. The molecule has 1 aromatic carbocycles. The molecule has 3 aromatic rings. The Balaban J connectivity index is 1.99. The van der Waals surface area contributed by atoms with Gasteiger partial charge in [-0.15, -0.1) is 0 Å². The third-order valence-corrected chi connectivity index (χ3v) is 5.18. The van der Waals surface area contributed by atoms with Crippen LogP contribution < -0.4 is 20.7 Å². The van der Waals surface area contributed by atoms with Gasteiger partial charge in [-0.1, -0.05) is 0 Å². The quantitative estimate of drug-likeness (QED) is 0.419. The van der Waals surface area contributed by atoms with Gasteiger partial charge in [-0.2, -0.15) is 0 Å². The Kier molecular flexibility index (Phi) is 6.85. The minimum absolute atomic E-state index is 0.00941. The number of aryl methyl sites for hydroxylation is 2. The van der Waals surface area contributed by atoms with E-state index in [1.807, 2.05) is 0 Å². The average molecular weight is 459 g/mol. The Morgan fingerprint density at radius 2 is 1.67 bits per heavy atom. The molecule has 0 saturated carbocycles. The Morgan fingerprint density at radius 3 is 2.24 bits per heavy atom. The number of methoxy groups -OCH3 is 3. The van der Waals surface area contributed by atoms with E-state index in [1.54, 1.807) is 25.2 Å². The molecule has 33 heavy (non-hydrogen) atoms. The molecule has 0 spiro atoms. The summed E-state index contributed by atoms with van der Waals surface area (Å²) in [6, 6.07) is 5.04. The zero-order valence-corrected chi connectivity index (χ0v) is 19.0. The van der Waals surface area contributed by atoms with Crippen molar-refractivity contribution in [3.8, 4) is 11.5 Å². The van der Waals surface area contributed by atoms with Crippen molar-refractivity contribution in [2.75, 3.05) is 27.9 Å². The number of esters is 1. The third kappa shape index (κ3) is 4.73. The molecule has 0 aliphatic carbocycles. The van der Waals surface area contributed by atoms with Crippen LogP contribution in [0.3, 0.4) is 0 Å². The van der Waals surface area contributed by atoms with E-state index in [0.29, 0.717) is 17.1 Å². The zero-order valence-electron chi connectivity index (χ0n) is 19.0. The van der Waals surface area contributed by atoms with Crippen molar-refractivity contribution in [3.63, 3.8) is 0 Å². The molecule has 0 fully saturated rings. The molecule has 0 radical (unpaired) electrons. The summed E-state index contributed by atoms with van der Waals surface area (Å²) in [6.45, 7) is -0.951. The molecule has 2 aromatic heterocycles. The lowest BCUT2D eigenvalue weighted by atomic mass is 10.2. The van der Waals surface area contributed by atoms with Crippen LogP contribution in [0.1, 0.15) is 5.56 Å². The van der Waals surface area contributed by atoms with Gasteiger partial charge in [0.2, 0.25) is 5.91 Å². The van der Waals surface area contributed by atoms with Crippen molar-refractivity contribution in [2.24, 2.45) is 14.1 Å². The van der Waals surface area contributed by atoms with Crippen LogP contribution in [0.4, 0.5) is 0 Å². The van der Waals surface area contributed by atoms with E-state index in [4.69, 9.17) is 14.2 Å². The first-order valence-corrected chi connectivity index (χ1v) is 9.87. The third-order valence-electron chi connectivity index (χ3n) is 5.18. The monoisotopic (exact) mass is 459 g/mol. The standard InChI is InChI=1S/C21H25N5O7/c1-23-12-22-19-18(23)20(29)26(21(30)24(19)2)10-16(27)25(11-17(28)33-5)9-13-6-14(31-3)8-15(7-13)32-4/h6-8,12H,9-11H2,1-5H3. The smallest absolute Gasteiger partial charge is 0.332 e. The summed E-state index contributed by atoms with van der Waals surface area (Å²) in [6.07, 6.45) is 1.41. The lowest BCUT2D eigenvalue weighted by molar-refractivity contribution is -0.147. The number of nitrogens with zero attached hydrogens (tertiary/aromatic N) is 5. The molecule has 3 rings (SSSR count). The summed E-state index contributed by atoms with van der Waals surface area (Å²) in [5.74, 6) is -0.272. The lowest BCUT2D eigenvalue weighted by Gasteiger charge is -2.22. The number of carbonyl (C=O) groups excluding carboxylic acids is 2. The van der Waals surface area contributed by atoms with Crippen LogP contribution in [0.2, 0.25) is 0 Å². The SMILES string of the molecule is COC(=O)CN(Cc1cc(OC)cc(OC)c1)C(=O)Cn1c(=O)c2c(ncn2C)n(C)c1=O. The minimum atomic E-state index is -0.694. The van der Waals surface area contributed by atoms with Crippen LogP contribution in [0.25, 0.3) is 11.2 Å². The van der Waals surface area contributed by atoms with Crippen LogP contribution in [-0.4, -0.2) is 63.3 Å². The molecular formula is C21H25N5O7. The molecule has 0 saturated heterocycles. The van der Waals surface area contributed by atoms with Gasteiger partial charge in [0.1, 0.15) is 24.6 Å². The number of fused-ring (bicyclic) bond motifs is 1. The summed E-state index contributed by atoms with van der Waals surface area (Å²) in [4.78, 5) is 56.1. The van der Waals surface area contributed by atoms with E-state index in [9.17, 15) is 19.2 Å². The lowest BCUT2D eigenvalue weighted by Crippen LogP contribution is -2.45. The predicted molar refractivity (Wildman–Crippen MR) is 117 cm³/mol. The first kappa shape index (κ1) is 23.6. The van der Waals surface area contributed by atoms with Gasteiger partial charge in [-0.05, 0) is 17.7 Å². The maximum atomic E-state index is 13.2. The van der Waals surface area contributed by atoms with Gasteiger partial charge in [0.05, 0.1) is 27.7 Å². The highest BCUT2D eigenvalue weighted by molar-refractivity contribution is 5.82. The predicted octanol–water partition coefficient (Wildman–Crippen LogP) is -0.347. The number of amides is 1. The van der Waals surface area contributed by atoms with Gasteiger partial charge < -0.3 is 23.7 Å². The first-order chi connectivity index (χ1) is 15.7. The molecule has 0 aliphatic heterocycles. The fourth-order valence-electron chi connectivity index (χ4n) is 3.40. The summed E-state index contributed by atoms with van der Waals surface area (Å²) in [5.41, 5.74) is -0.332. The number of imidazole rings is 1. The average Bonchev–Trinajstić information content (AvgIpc) is 3.20. The van der Waals surface area contributed by atoms with Crippen LogP contribution in [0.5, 0.6) is 11.5 Å². The zero-order chi connectivity index (χ0) is 24.3. The Morgan fingerprint density at radius 1 is 1.03 bits per heavy atom. The molecule has 12 heteroatoms. The Hall–Kier alpha value is -4.09. The highest BCUT2D eigenvalue weighted by Crippen LogP contribution is 2.23. The highest BCUT2D eigenvalue weighted by Gasteiger charge is 2.23. The molecular weight excluding hydrogens is 434 g/mol. The van der Waals surface area contributed by atoms with Crippen molar-refractivity contribution in [2.45, 2.75) is 13.1 Å². The van der Waals surface area contributed by atoms with Gasteiger partial charge in [0, 0.05) is 26.7 Å². The van der Waals surface area contributed by atoms with E-state index < -0.39 is 29.7 Å². The highest BCUT2D eigenvalue weighted by atomic mass is 16.5. The second kappa shape index (κ2) is 9.59. The number of hydrogen-bond donors (Lipinski definition) is 0. The van der Waals surface area contributed by atoms with Gasteiger partial charge in [-0.3, -0.25) is 19.0 Å². The van der Waals surface area contributed by atoms with Crippen LogP contribution >= 0.6 is 0 Å². The summed E-state index contributed by atoms with van der Waals surface area (Å²) >= 11 is 0. The fraction of sp³-hybridized carbons (Fsp3) is 0.381. The van der Waals surface area contributed by atoms with E-state index in [-0.39, 0.29) is 24.3 Å². The molecule has 12 nitrogen and oxygen atoms in total. The molecule has 0 N–H and O–H groups in total. The minimum Gasteiger partial charge on any atom is -0.497 e. The van der Waals surface area contributed by atoms with Crippen molar-refractivity contribution in [1.29, 1.82) is 0 Å². The molecule has 0 aliphatic rings. The second-order valence-corrected chi connectivity index (χ2v) is 7.31. The van der Waals surface area contributed by atoms with Crippen molar-refractivity contribution >= 4 is 23.0 Å². The number of carbonyl (C=O) groups is 2. The van der Waals surface area contributed by atoms with E-state index in [0.717, 1.165) is 4.57 Å². The molecule has 2 heterocycles. The van der Waals surface area contributed by atoms with Crippen molar-refractivity contribution in [1.82, 2.24) is 23.6 Å². The first-order valence-electron chi connectivity index (χ1n) is 9.87. The second-order valence-electron chi connectivity index (χ2n) is 7.31. The van der Waals surface area contributed by atoms with E-state index >= 15 is 0 Å². The molecule has 1 amide bonds. The Bertz CT molecular complexity index is 1300. The molecule has 0 bridgehead atoms. The number of aromatic nitrogens is 4. The van der Waals surface area contributed by atoms with E-state index in [1.165, 1.54) is 48.7 Å². The van der Waals surface area contributed by atoms with Gasteiger partial charge in [0.25, 0.3) is 5.56 Å². The molecule has 0 atom stereocenters. The number of rotatable bonds is 8. The van der Waals surface area contributed by atoms with E-state index in [2.05, 4.69) is 4.98 Å². The van der Waals surface area contributed by atoms with Crippen LogP contribution in [0, 0.1) is 0 Å². The van der Waals surface area contributed by atoms with Crippen LogP contribution in [0.15, 0.2) is 34.1 Å². The normalized spacial score (nSPS) is 10.8. The summed E-state index contributed by atoms with van der Waals surface area (Å²) < 4.78 is 18.7. The van der Waals surface area contributed by atoms with Gasteiger partial charge in [0.15, 0.2) is 11.2 Å². The maximum absolute atomic E-state index is 13.2. The maximum Gasteiger partial charge on any atom is 0.332 e. The van der Waals surface area contributed by atoms with Crippen molar-refractivity contribution < 1.29 is 23.8 Å². The fourth-order valence-corrected chi connectivity index (χ4v) is 3.40. The topological polar surface area (TPSA) is 127 Å². The summed E-state index contributed by atoms with van der Waals surface area (Å²) in [5, 5.41) is 0. The number of ether oxygens (including phenoxy) is 3. The van der Waals surface area contributed by atoms with Gasteiger partial charge >= 0.3 is 11.7 Å². The largest absolute Gasteiger partial charge is 0.497 e. The van der Waals surface area contributed by atoms with Crippen molar-refractivity contribution in [3.05, 3.63) is 50.9 Å². The Labute approximate surface area is 188 Å². The molecule has 176 valence electrons. The number of hydrogen-bond acceptors (Lipinski definition) is 8. The van der Waals surface area contributed by atoms with Gasteiger partial charge in [-0.25, -0.2) is 14.3 Å². The van der Waals surface area contributed by atoms with Crippen LogP contribution in [-0.2, 0) is 41.5 Å². The number of benzene rings is 1.